The first kappa shape index (κ1) is 13.7. The summed E-state index contributed by atoms with van der Waals surface area (Å²) < 4.78 is 3.96. The zero-order chi connectivity index (χ0) is 15.5. The van der Waals surface area contributed by atoms with Crippen LogP contribution in [0, 0.1) is 0 Å². The lowest BCUT2D eigenvalue weighted by molar-refractivity contribution is 0.675. The molecule has 0 spiro atoms. The average molecular weight is 303 g/mol. The third-order valence-electron chi connectivity index (χ3n) is 3.83. The van der Waals surface area contributed by atoms with Crippen molar-refractivity contribution in [1.82, 2.24) is 24.5 Å². The van der Waals surface area contributed by atoms with Crippen molar-refractivity contribution >= 4 is 5.65 Å². The van der Waals surface area contributed by atoms with E-state index in [1.54, 1.807) is 6.20 Å². The molecule has 5 heteroatoms. The van der Waals surface area contributed by atoms with E-state index in [-0.39, 0.29) is 0 Å². The van der Waals surface area contributed by atoms with Crippen LogP contribution in [0.25, 0.3) is 11.3 Å². The second-order valence-electron chi connectivity index (χ2n) is 5.40. The van der Waals surface area contributed by atoms with E-state index in [2.05, 4.69) is 44.1 Å². The summed E-state index contributed by atoms with van der Waals surface area (Å²) in [4.78, 5) is 4.40. The van der Waals surface area contributed by atoms with Crippen molar-refractivity contribution in [2.45, 2.75) is 13.1 Å². The summed E-state index contributed by atoms with van der Waals surface area (Å²) in [6.07, 6.45) is 7.69. The van der Waals surface area contributed by atoms with Crippen molar-refractivity contribution < 1.29 is 0 Å². The molecule has 23 heavy (non-hydrogen) atoms. The molecule has 0 radical (unpaired) electrons. The number of benzene rings is 1. The van der Waals surface area contributed by atoms with Gasteiger partial charge in [-0.05, 0) is 35.9 Å². The highest BCUT2D eigenvalue weighted by Crippen LogP contribution is 2.09. The predicted octanol–water partition coefficient (Wildman–Crippen LogP) is 2.81. The number of nitrogens with one attached hydrogen (secondary N) is 1. The molecule has 0 fully saturated rings. The molecule has 0 bridgehead atoms. The zero-order valence-corrected chi connectivity index (χ0v) is 12.6. The molecule has 0 aliphatic carbocycles. The zero-order valence-electron chi connectivity index (χ0n) is 12.6. The first-order valence-electron chi connectivity index (χ1n) is 7.61. The Morgan fingerprint density at radius 1 is 0.913 bits per heavy atom. The average Bonchev–Trinajstić information content (AvgIpc) is 3.26. The van der Waals surface area contributed by atoms with Crippen molar-refractivity contribution in [1.29, 1.82) is 0 Å². The summed E-state index contributed by atoms with van der Waals surface area (Å²) in [6, 6.07) is 16.4. The van der Waals surface area contributed by atoms with E-state index in [1.165, 1.54) is 5.56 Å². The Labute approximate surface area is 134 Å². The van der Waals surface area contributed by atoms with E-state index >= 15 is 0 Å². The van der Waals surface area contributed by atoms with Crippen LogP contribution in [0.15, 0.2) is 73.3 Å². The predicted molar refractivity (Wildman–Crippen MR) is 89.3 cm³/mol. The standard InChI is InChI=1S/C18H17N5/c1-2-10-22-17(14-20-18(22)4-1)13-19-12-15-5-7-16(8-6-15)23-11-3-9-21-23/h1-11,14,19H,12-13H2. The number of rotatable bonds is 5. The molecule has 0 atom stereocenters. The van der Waals surface area contributed by atoms with Crippen LogP contribution in [-0.4, -0.2) is 19.2 Å². The van der Waals surface area contributed by atoms with Gasteiger partial charge in [0.2, 0.25) is 0 Å². The van der Waals surface area contributed by atoms with Crippen molar-refractivity contribution in [2.24, 2.45) is 0 Å². The highest BCUT2D eigenvalue weighted by Gasteiger charge is 2.02. The van der Waals surface area contributed by atoms with Gasteiger partial charge in [-0.25, -0.2) is 9.67 Å². The summed E-state index contributed by atoms with van der Waals surface area (Å²) >= 11 is 0. The van der Waals surface area contributed by atoms with Gasteiger partial charge in [-0.1, -0.05) is 18.2 Å². The molecule has 114 valence electrons. The number of imidazole rings is 1. The fraction of sp³-hybridized carbons (Fsp3) is 0.111. The quantitative estimate of drug-likeness (QED) is 0.617. The van der Waals surface area contributed by atoms with Crippen LogP contribution in [0.1, 0.15) is 11.3 Å². The highest BCUT2D eigenvalue weighted by molar-refractivity contribution is 5.39. The van der Waals surface area contributed by atoms with Crippen LogP contribution >= 0.6 is 0 Å². The number of fused-ring (bicyclic) bond motifs is 1. The minimum atomic E-state index is 0.784. The van der Waals surface area contributed by atoms with Gasteiger partial charge in [-0.2, -0.15) is 5.10 Å². The van der Waals surface area contributed by atoms with E-state index in [0.717, 1.165) is 30.1 Å². The van der Waals surface area contributed by atoms with Crippen molar-refractivity contribution in [3.63, 3.8) is 0 Å². The summed E-state index contributed by atoms with van der Waals surface area (Å²) in [6.45, 7) is 1.60. The van der Waals surface area contributed by atoms with Crippen molar-refractivity contribution in [3.8, 4) is 5.69 Å². The summed E-state index contributed by atoms with van der Waals surface area (Å²) in [5.74, 6) is 0. The minimum absolute atomic E-state index is 0.784. The lowest BCUT2D eigenvalue weighted by atomic mass is 10.2. The molecule has 4 aromatic rings. The van der Waals surface area contributed by atoms with Crippen molar-refractivity contribution in [3.05, 3.63) is 84.6 Å². The molecule has 0 unspecified atom stereocenters. The first-order chi connectivity index (χ1) is 11.4. The highest BCUT2D eigenvalue weighted by atomic mass is 15.3. The van der Waals surface area contributed by atoms with Gasteiger partial charge < -0.3 is 9.72 Å². The smallest absolute Gasteiger partial charge is 0.136 e. The first-order valence-corrected chi connectivity index (χ1v) is 7.61. The number of hydrogen-bond acceptors (Lipinski definition) is 3. The normalized spacial score (nSPS) is 11.1. The Bertz CT molecular complexity index is 891. The number of hydrogen-bond donors (Lipinski definition) is 1. The molecule has 4 rings (SSSR count). The van der Waals surface area contributed by atoms with Crippen LogP contribution in [0.3, 0.4) is 0 Å². The van der Waals surface area contributed by atoms with Gasteiger partial charge >= 0.3 is 0 Å². The molecule has 0 amide bonds. The van der Waals surface area contributed by atoms with E-state index in [4.69, 9.17) is 0 Å². The molecule has 5 nitrogen and oxygen atoms in total. The lowest BCUT2D eigenvalue weighted by Gasteiger charge is -2.07. The second-order valence-corrected chi connectivity index (χ2v) is 5.40. The Balaban J connectivity index is 1.39. The summed E-state index contributed by atoms with van der Waals surface area (Å²) in [5, 5.41) is 7.70. The van der Waals surface area contributed by atoms with Crippen LogP contribution in [0.4, 0.5) is 0 Å². The topological polar surface area (TPSA) is 47.1 Å². The largest absolute Gasteiger partial charge is 0.307 e. The fourth-order valence-corrected chi connectivity index (χ4v) is 2.64. The fourth-order valence-electron chi connectivity index (χ4n) is 2.64. The maximum atomic E-state index is 4.40. The van der Waals surface area contributed by atoms with E-state index in [9.17, 15) is 0 Å². The molecule has 3 aromatic heterocycles. The Morgan fingerprint density at radius 3 is 2.65 bits per heavy atom. The van der Waals surface area contributed by atoms with E-state index in [0.29, 0.717) is 0 Å². The molecule has 0 saturated carbocycles. The maximum Gasteiger partial charge on any atom is 0.136 e. The van der Waals surface area contributed by atoms with Crippen LogP contribution in [0.5, 0.6) is 0 Å². The Hall–Kier alpha value is -2.92. The number of aromatic nitrogens is 4. The molecule has 3 heterocycles. The van der Waals surface area contributed by atoms with Crippen molar-refractivity contribution in [2.75, 3.05) is 0 Å². The summed E-state index contributed by atoms with van der Waals surface area (Å²) in [5.41, 5.74) is 4.46. The SMILES string of the molecule is c1ccn2c(CNCc3ccc(-n4cccn4)cc3)cnc2c1. The lowest BCUT2D eigenvalue weighted by Crippen LogP contribution is -2.14. The number of pyridine rings is 1. The Kier molecular flexibility index (Phi) is 3.62. The molecular formula is C18H17N5. The molecule has 0 aliphatic heterocycles. The van der Waals surface area contributed by atoms with Crippen LogP contribution in [0.2, 0.25) is 0 Å². The van der Waals surface area contributed by atoms with E-state index in [1.807, 2.05) is 47.5 Å². The third-order valence-corrected chi connectivity index (χ3v) is 3.83. The Morgan fingerprint density at radius 2 is 1.83 bits per heavy atom. The maximum absolute atomic E-state index is 4.40. The molecule has 0 aliphatic rings. The molecule has 1 N–H and O–H groups in total. The van der Waals surface area contributed by atoms with Gasteiger partial charge in [-0.3, -0.25) is 0 Å². The van der Waals surface area contributed by atoms with Crippen LogP contribution < -0.4 is 5.32 Å². The second kappa shape index (κ2) is 6.06. The van der Waals surface area contributed by atoms with Gasteiger partial charge in [0.25, 0.3) is 0 Å². The van der Waals surface area contributed by atoms with Gasteiger partial charge in [-0.15, -0.1) is 0 Å². The van der Waals surface area contributed by atoms with E-state index < -0.39 is 0 Å². The van der Waals surface area contributed by atoms with Gasteiger partial charge in [0.05, 0.1) is 17.6 Å². The monoisotopic (exact) mass is 303 g/mol. The van der Waals surface area contributed by atoms with Crippen LogP contribution in [-0.2, 0) is 13.1 Å². The van der Waals surface area contributed by atoms with Gasteiger partial charge in [0.15, 0.2) is 0 Å². The number of nitrogens with zero attached hydrogens (tertiary/aromatic N) is 4. The third kappa shape index (κ3) is 2.86. The molecular weight excluding hydrogens is 286 g/mol. The molecule has 1 aromatic carbocycles. The van der Waals surface area contributed by atoms with Gasteiger partial charge in [0, 0.05) is 31.7 Å². The molecule has 0 saturated heterocycles. The summed E-state index contributed by atoms with van der Waals surface area (Å²) in [7, 11) is 0. The minimum Gasteiger partial charge on any atom is -0.307 e. The van der Waals surface area contributed by atoms with Gasteiger partial charge in [0.1, 0.15) is 5.65 Å².